The van der Waals surface area contributed by atoms with Crippen LogP contribution in [0.15, 0.2) is 41.3 Å². The summed E-state index contributed by atoms with van der Waals surface area (Å²) >= 11 is 6.35. The number of hydrogen-bond acceptors (Lipinski definition) is 14. The summed E-state index contributed by atoms with van der Waals surface area (Å²) in [5, 5.41) is 13.2. The smallest absolute Gasteiger partial charge is 0.339 e. The van der Waals surface area contributed by atoms with Crippen molar-refractivity contribution < 1.29 is 74.7 Å². The van der Waals surface area contributed by atoms with Crippen LogP contribution < -0.4 is 5.32 Å². The number of ether oxygens (including phenoxy) is 6. The van der Waals surface area contributed by atoms with Gasteiger partial charge in [0.2, 0.25) is 0 Å². The molecule has 5 rings (SSSR count). The highest BCUT2D eigenvalue weighted by Crippen LogP contribution is 2.52. The molecule has 54 heavy (non-hydrogen) atoms. The maximum absolute atomic E-state index is 14.1. The van der Waals surface area contributed by atoms with Gasteiger partial charge in [-0.2, -0.15) is 0 Å². The predicted octanol–water partition coefficient (Wildman–Crippen LogP) is 3.27. The van der Waals surface area contributed by atoms with E-state index in [0.717, 1.165) is 52.1 Å². The molecule has 2 bridgehead atoms. The van der Waals surface area contributed by atoms with Crippen LogP contribution in [0.1, 0.15) is 56.8 Å². The standard InChI is InChI=1S/C35H38ClF2NO14S/c1-16(40)50-28-29(51-17(2)41)31(52-18(3)42)34(53-30(28)33(44)48-4)49-15-35(45)20-6-7-21(35)13-23(12-20)54(46,47)27-11-19(5-9-24(27)36)32(43)39-22-8-10-25(37)26(38)14-22/h5,8-11,14,20-21,23,28-31,34,45H,6-7,12-13,15H2,1-4H3,(H,39,43)/t20-,21?,23-,28-,29-,30-,31+,34+,35-/m0/s1. The normalized spacial score (nSPS) is 29.1. The van der Waals surface area contributed by atoms with E-state index >= 15 is 0 Å². The molecule has 1 amide bonds. The number of carbonyl (C=O) groups excluding carboxylic acids is 5. The lowest BCUT2D eigenvalue weighted by Crippen LogP contribution is -2.64. The summed E-state index contributed by atoms with van der Waals surface area (Å²) in [7, 11) is -3.18. The Hall–Kier alpha value is -4.23. The zero-order valence-electron chi connectivity index (χ0n) is 29.4. The van der Waals surface area contributed by atoms with E-state index in [0.29, 0.717) is 12.8 Å². The molecule has 2 N–H and O–H groups in total. The Kier molecular flexibility index (Phi) is 12.3. The second-order valence-electron chi connectivity index (χ2n) is 13.3. The summed E-state index contributed by atoms with van der Waals surface area (Å²) in [6.45, 7) is 2.61. The molecule has 3 aliphatic rings. The maximum Gasteiger partial charge on any atom is 0.339 e. The van der Waals surface area contributed by atoms with Crippen molar-refractivity contribution in [2.45, 2.75) is 92.9 Å². The lowest BCUT2D eigenvalue weighted by Gasteiger charge is -2.46. The van der Waals surface area contributed by atoms with Gasteiger partial charge in [0.05, 0.1) is 34.5 Å². The lowest BCUT2D eigenvalue weighted by atomic mass is 9.75. The van der Waals surface area contributed by atoms with Crippen LogP contribution in [0.2, 0.25) is 5.02 Å². The quantitative estimate of drug-likeness (QED) is 0.247. The summed E-state index contributed by atoms with van der Waals surface area (Å²) in [5.74, 6) is -8.09. The van der Waals surface area contributed by atoms with Gasteiger partial charge in [0, 0.05) is 38.1 Å². The highest BCUT2D eigenvalue weighted by atomic mass is 35.5. The third kappa shape index (κ3) is 8.52. The van der Waals surface area contributed by atoms with Crippen LogP contribution in [0.3, 0.4) is 0 Å². The number of halogens is 3. The van der Waals surface area contributed by atoms with E-state index < -0.39 is 111 Å². The predicted molar refractivity (Wildman–Crippen MR) is 180 cm³/mol. The topological polar surface area (TPSA) is 207 Å². The van der Waals surface area contributed by atoms with Crippen LogP contribution in [0.5, 0.6) is 0 Å². The van der Waals surface area contributed by atoms with Crippen LogP contribution in [0.25, 0.3) is 0 Å². The highest BCUT2D eigenvalue weighted by molar-refractivity contribution is 7.92. The Morgan fingerprint density at radius 1 is 0.889 bits per heavy atom. The fourth-order valence-corrected chi connectivity index (χ4v) is 9.75. The van der Waals surface area contributed by atoms with E-state index in [1.54, 1.807) is 0 Å². The molecule has 0 spiro atoms. The zero-order valence-corrected chi connectivity index (χ0v) is 31.0. The molecule has 294 valence electrons. The third-order valence-corrected chi connectivity index (χ3v) is 12.5. The van der Waals surface area contributed by atoms with E-state index in [-0.39, 0.29) is 34.0 Å². The number of esters is 4. The fourth-order valence-electron chi connectivity index (χ4n) is 7.35. The van der Waals surface area contributed by atoms with Crippen molar-refractivity contribution in [3.8, 4) is 0 Å². The van der Waals surface area contributed by atoms with Crippen molar-refractivity contribution >= 4 is 56.9 Å². The molecule has 3 fully saturated rings. The van der Waals surface area contributed by atoms with Crippen LogP contribution in [0, 0.1) is 23.5 Å². The van der Waals surface area contributed by atoms with Gasteiger partial charge in [-0.25, -0.2) is 22.0 Å². The van der Waals surface area contributed by atoms with Crippen molar-refractivity contribution in [2.24, 2.45) is 11.8 Å². The van der Waals surface area contributed by atoms with Gasteiger partial charge in [-0.1, -0.05) is 11.6 Å². The van der Waals surface area contributed by atoms with Crippen LogP contribution in [-0.4, -0.2) is 98.6 Å². The van der Waals surface area contributed by atoms with Gasteiger partial charge in [0.25, 0.3) is 5.91 Å². The van der Waals surface area contributed by atoms with E-state index in [1.807, 2.05) is 0 Å². The molecule has 1 saturated heterocycles. The first kappa shape index (κ1) is 40.9. The molecule has 2 aromatic rings. The minimum absolute atomic E-state index is 0.0470. The summed E-state index contributed by atoms with van der Waals surface area (Å²) in [4.78, 5) is 61.7. The first-order chi connectivity index (χ1) is 25.3. The summed E-state index contributed by atoms with van der Waals surface area (Å²) in [6, 6.07) is 6.34. The van der Waals surface area contributed by atoms with Crippen molar-refractivity contribution in [1.82, 2.24) is 0 Å². The first-order valence-electron chi connectivity index (χ1n) is 16.7. The molecule has 15 nitrogen and oxygen atoms in total. The van der Waals surface area contributed by atoms with Crippen molar-refractivity contribution in [3.05, 3.63) is 58.6 Å². The Bertz CT molecular complexity index is 1910. The number of anilines is 1. The number of rotatable bonds is 11. The maximum atomic E-state index is 14.1. The molecule has 2 aliphatic carbocycles. The molecule has 0 aromatic heterocycles. The SMILES string of the molecule is COC(=O)[C@H]1O[C@@H](OC[C@@]2(O)C3CC[C@H]2C[C@H](S(=O)(=O)c2cc(C(=O)Nc4ccc(F)c(F)c4)ccc2Cl)C3)[C@H](OC(C)=O)[C@@H](OC(C)=O)[C@@H]1OC(C)=O. The lowest BCUT2D eigenvalue weighted by molar-refractivity contribution is -0.311. The Morgan fingerprint density at radius 3 is 2.06 bits per heavy atom. The zero-order chi connectivity index (χ0) is 39.7. The second-order valence-corrected chi connectivity index (χ2v) is 15.9. The Morgan fingerprint density at radius 2 is 1.48 bits per heavy atom. The number of fused-ring (bicyclic) bond motifs is 2. The molecule has 2 saturated carbocycles. The van der Waals surface area contributed by atoms with Gasteiger partial charge >= 0.3 is 23.9 Å². The molecule has 1 heterocycles. The van der Waals surface area contributed by atoms with Gasteiger partial charge in [-0.05, 0) is 67.9 Å². The highest BCUT2D eigenvalue weighted by Gasteiger charge is 2.59. The van der Waals surface area contributed by atoms with E-state index in [9.17, 15) is 46.3 Å². The van der Waals surface area contributed by atoms with E-state index in [4.69, 9.17) is 40.0 Å². The van der Waals surface area contributed by atoms with Gasteiger partial charge < -0.3 is 38.8 Å². The first-order valence-corrected chi connectivity index (χ1v) is 18.7. The number of nitrogens with one attached hydrogen (secondary N) is 1. The average Bonchev–Trinajstić information content (AvgIpc) is 3.24. The molecule has 1 aliphatic heterocycles. The van der Waals surface area contributed by atoms with Crippen molar-refractivity contribution in [1.29, 1.82) is 0 Å². The second kappa shape index (κ2) is 16.2. The number of methoxy groups -OCH3 is 1. The van der Waals surface area contributed by atoms with E-state index in [2.05, 4.69) is 5.32 Å². The van der Waals surface area contributed by atoms with Crippen LogP contribution in [-0.2, 0) is 57.4 Å². The molecule has 0 radical (unpaired) electrons. The molecule has 19 heteroatoms. The summed E-state index contributed by atoms with van der Waals surface area (Å²) in [5.41, 5.74) is -1.82. The van der Waals surface area contributed by atoms with Crippen molar-refractivity contribution in [3.63, 3.8) is 0 Å². The fraction of sp³-hybridized carbons (Fsp3) is 0.514. The van der Waals surface area contributed by atoms with Crippen LogP contribution in [0.4, 0.5) is 14.5 Å². The molecule has 1 unspecified atom stereocenters. The molecule has 9 atom stereocenters. The number of benzene rings is 2. The number of carbonyl (C=O) groups is 5. The number of sulfone groups is 1. The van der Waals surface area contributed by atoms with Crippen LogP contribution >= 0.6 is 11.6 Å². The monoisotopic (exact) mass is 801 g/mol. The third-order valence-electron chi connectivity index (χ3n) is 9.80. The summed E-state index contributed by atoms with van der Waals surface area (Å²) < 4.78 is 87.7. The molecular formula is C35H38ClF2NO14S. The number of aliphatic hydroxyl groups is 1. The molecular weight excluding hydrogens is 764 g/mol. The van der Waals surface area contributed by atoms with Gasteiger partial charge in [-0.3, -0.25) is 19.2 Å². The van der Waals surface area contributed by atoms with Gasteiger partial charge in [0.15, 0.2) is 52.2 Å². The van der Waals surface area contributed by atoms with E-state index in [1.165, 1.54) is 12.1 Å². The van der Waals surface area contributed by atoms with Crippen molar-refractivity contribution in [2.75, 3.05) is 19.0 Å². The average molecular weight is 802 g/mol. The minimum Gasteiger partial charge on any atom is -0.467 e. The largest absolute Gasteiger partial charge is 0.467 e. The minimum atomic E-state index is -4.22. The van der Waals surface area contributed by atoms with Gasteiger partial charge in [0.1, 0.15) is 0 Å². The Labute approximate surface area is 313 Å². The number of hydrogen-bond donors (Lipinski definition) is 2. The summed E-state index contributed by atoms with van der Waals surface area (Å²) in [6.07, 6.45) is -7.50. The van der Waals surface area contributed by atoms with Gasteiger partial charge in [-0.15, -0.1) is 0 Å². The Balaban J connectivity index is 1.35. The number of amides is 1. The molecule has 2 aromatic carbocycles.